The smallest absolute Gasteiger partial charge is 0.210 e. The van der Waals surface area contributed by atoms with Crippen LogP contribution in [-0.2, 0) is 4.74 Å². The molecule has 1 saturated carbocycles. The van der Waals surface area contributed by atoms with E-state index >= 15 is 0 Å². The van der Waals surface area contributed by atoms with Gasteiger partial charge in [0.25, 0.3) is 0 Å². The lowest BCUT2D eigenvalue weighted by Gasteiger charge is -2.26. The second-order valence-electron chi connectivity index (χ2n) is 5.47. The lowest BCUT2D eigenvalue weighted by Crippen LogP contribution is -2.36. The SMILES string of the molecule is Brc1cc(C=NC2CCCCC2)oc1N1CCOCC1. The number of halogens is 1. The second kappa shape index (κ2) is 6.76. The Morgan fingerprint density at radius 2 is 1.95 bits per heavy atom. The summed E-state index contributed by atoms with van der Waals surface area (Å²) in [6.45, 7) is 3.29. The van der Waals surface area contributed by atoms with Crippen LogP contribution in [0.5, 0.6) is 0 Å². The van der Waals surface area contributed by atoms with Gasteiger partial charge in [-0.25, -0.2) is 0 Å². The monoisotopic (exact) mass is 340 g/mol. The van der Waals surface area contributed by atoms with Crippen LogP contribution >= 0.6 is 15.9 Å². The number of hydrogen-bond acceptors (Lipinski definition) is 4. The zero-order valence-electron chi connectivity index (χ0n) is 11.7. The van der Waals surface area contributed by atoms with Crippen molar-refractivity contribution >= 4 is 28.0 Å². The molecule has 0 unspecified atom stereocenters. The number of nitrogens with zero attached hydrogens (tertiary/aromatic N) is 2. The third-order valence-electron chi connectivity index (χ3n) is 3.97. The fraction of sp³-hybridized carbons (Fsp3) is 0.667. The number of ether oxygens (including phenoxy) is 1. The van der Waals surface area contributed by atoms with E-state index in [1.54, 1.807) is 0 Å². The first-order valence-electron chi connectivity index (χ1n) is 7.48. The van der Waals surface area contributed by atoms with Crippen molar-refractivity contribution in [3.63, 3.8) is 0 Å². The van der Waals surface area contributed by atoms with E-state index in [0.717, 1.165) is 42.4 Å². The summed E-state index contributed by atoms with van der Waals surface area (Å²) in [5.74, 6) is 1.74. The van der Waals surface area contributed by atoms with Gasteiger partial charge in [-0.05, 0) is 28.8 Å². The molecule has 1 aromatic heterocycles. The first-order chi connectivity index (χ1) is 9.83. The van der Waals surface area contributed by atoms with Crippen LogP contribution in [0.3, 0.4) is 0 Å². The molecule has 3 rings (SSSR count). The lowest BCUT2D eigenvalue weighted by atomic mass is 9.96. The Balaban J connectivity index is 1.66. The Morgan fingerprint density at radius 1 is 1.20 bits per heavy atom. The van der Waals surface area contributed by atoms with E-state index in [9.17, 15) is 0 Å². The van der Waals surface area contributed by atoms with Crippen LogP contribution in [0.1, 0.15) is 37.9 Å². The van der Waals surface area contributed by atoms with Gasteiger partial charge in [-0.1, -0.05) is 19.3 Å². The topological polar surface area (TPSA) is 38.0 Å². The van der Waals surface area contributed by atoms with E-state index in [1.165, 1.54) is 32.1 Å². The molecule has 2 heterocycles. The molecule has 2 aliphatic rings. The molecular weight excluding hydrogens is 320 g/mol. The van der Waals surface area contributed by atoms with Gasteiger partial charge in [0.2, 0.25) is 5.88 Å². The van der Waals surface area contributed by atoms with Gasteiger partial charge in [-0.3, -0.25) is 4.99 Å². The Labute approximate surface area is 128 Å². The fourth-order valence-corrected chi connectivity index (χ4v) is 3.39. The summed E-state index contributed by atoms with van der Waals surface area (Å²) in [6, 6.07) is 2.50. The average Bonchev–Trinajstić information content (AvgIpc) is 2.88. The molecule has 1 saturated heterocycles. The van der Waals surface area contributed by atoms with Gasteiger partial charge in [0.1, 0.15) is 5.76 Å². The van der Waals surface area contributed by atoms with E-state index in [-0.39, 0.29) is 0 Å². The van der Waals surface area contributed by atoms with Gasteiger partial charge in [0.05, 0.1) is 29.9 Å². The second-order valence-corrected chi connectivity index (χ2v) is 6.33. The standard InChI is InChI=1S/C15H21BrN2O2/c16-14-10-13(11-17-12-4-2-1-3-5-12)20-15(14)18-6-8-19-9-7-18/h10-12H,1-9H2. The summed E-state index contributed by atoms with van der Waals surface area (Å²) < 4.78 is 12.3. The van der Waals surface area contributed by atoms with Crippen molar-refractivity contribution in [2.24, 2.45) is 4.99 Å². The van der Waals surface area contributed by atoms with Gasteiger partial charge in [-0.15, -0.1) is 0 Å². The number of hydrogen-bond donors (Lipinski definition) is 0. The summed E-state index contributed by atoms with van der Waals surface area (Å²) in [6.07, 6.45) is 8.30. The molecule has 4 nitrogen and oxygen atoms in total. The first-order valence-corrected chi connectivity index (χ1v) is 8.27. The number of rotatable bonds is 3. The molecule has 0 amide bonds. The predicted molar refractivity (Wildman–Crippen MR) is 83.9 cm³/mol. The van der Waals surface area contributed by atoms with Crippen LogP contribution in [0.15, 0.2) is 19.9 Å². The van der Waals surface area contributed by atoms with Gasteiger partial charge in [0.15, 0.2) is 0 Å². The fourth-order valence-electron chi connectivity index (χ4n) is 2.83. The largest absolute Gasteiger partial charge is 0.438 e. The normalized spacial score (nSPS) is 21.8. The Hall–Kier alpha value is -0.810. The van der Waals surface area contributed by atoms with Crippen LogP contribution in [0.25, 0.3) is 0 Å². The first kappa shape index (κ1) is 14.1. The van der Waals surface area contributed by atoms with Crippen LogP contribution < -0.4 is 4.90 Å². The highest BCUT2D eigenvalue weighted by Crippen LogP contribution is 2.30. The summed E-state index contributed by atoms with van der Waals surface area (Å²) in [5.41, 5.74) is 0. The van der Waals surface area contributed by atoms with Crippen molar-refractivity contribution in [3.8, 4) is 0 Å². The van der Waals surface area contributed by atoms with Crippen molar-refractivity contribution in [1.29, 1.82) is 0 Å². The molecule has 0 N–H and O–H groups in total. The summed E-state index contributed by atoms with van der Waals surface area (Å²) in [7, 11) is 0. The maximum absolute atomic E-state index is 5.92. The van der Waals surface area contributed by atoms with Gasteiger partial charge >= 0.3 is 0 Å². The van der Waals surface area contributed by atoms with E-state index in [4.69, 9.17) is 9.15 Å². The molecule has 1 aromatic rings. The third-order valence-corrected chi connectivity index (χ3v) is 4.54. The molecule has 110 valence electrons. The average molecular weight is 341 g/mol. The van der Waals surface area contributed by atoms with Crippen LogP contribution in [0.2, 0.25) is 0 Å². The van der Waals surface area contributed by atoms with E-state index in [0.29, 0.717) is 6.04 Å². The van der Waals surface area contributed by atoms with E-state index < -0.39 is 0 Å². The highest BCUT2D eigenvalue weighted by Gasteiger charge is 2.18. The Bertz CT molecular complexity index is 460. The quantitative estimate of drug-likeness (QED) is 0.788. The minimum Gasteiger partial charge on any atom is -0.438 e. The summed E-state index contributed by atoms with van der Waals surface area (Å²) in [5, 5.41) is 0. The summed E-state index contributed by atoms with van der Waals surface area (Å²) in [4.78, 5) is 6.88. The molecule has 2 fully saturated rings. The third kappa shape index (κ3) is 3.44. The van der Waals surface area contributed by atoms with E-state index in [1.807, 2.05) is 12.3 Å². The van der Waals surface area contributed by atoms with Gasteiger partial charge in [-0.2, -0.15) is 0 Å². The van der Waals surface area contributed by atoms with Gasteiger partial charge < -0.3 is 14.1 Å². The number of morpholine rings is 1. The van der Waals surface area contributed by atoms with Gasteiger partial charge in [0, 0.05) is 19.2 Å². The Kier molecular flexibility index (Phi) is 4.78. The van der Waals surface area contributed by atoms with E-state index in [2.05, 4.69) is 25.8 Å². The highest BCUT2D eigenvalue weighted by molar-refractivity contribution is 9.10. The highest BCUT2D eigenvalue weighted by atomic mass is 79.9. The maximum Gasteiger partial charge on any atom is 0.210 e. The Morgan fingerprint density at radius 3 is 2.70 bits per heavy atom. The molecule has 0 bridgehead atoms. The van der Waals surface area contributed by atoms with Crippen molar-refractivity contribution in [2.45, 2.75) is 38.1 Å². The maximum atomic E-state index is 5.92. The number of aliphatic imine (C=N–C) groups is 1. The molecule has 1 aliphatic heterocycles. The molecule has 0 radical (unpaired) electrons. The zero-order chi connectivity index (χ0) is 13.8. The number of anilines is 1. The molecule has 20 heavy (non-hydrogen) atoms. The minimum atomic E-state index is 0.486. The van der Waals surface area contributed by atoms with Crippen molar-refractivity contribution in [1.82, 2.24) is 0 Å². The van der Waals surface area contributed by atoms with Crippen molar-refractivity contribution in [2.75, 3.05) is 31.2 Å². The van der Waals surface area contributed by atoms with Crippen molar-refractivity contribution in [3.05, 3.63) is 16.3 Å². The van der Waals surface area contributed by atoms with Crippen LogP contribution in [0.4, 0.5) is 5.88 Å². The zero-order valence-corrected chi connectivity index (χ0v) is 13.3. The molecule has 0 atom stereocenters. The van der Waals surface area contributed by atoms with Crippen molar-refractivity contribution < 1.29 is 9.15 Å². The molecule has 5 heteroatoms. The lowest BCUT2D eigenvalue weighted by molar-refractivity contribution is 0.120. The van der Waals surface area contributed by atoms with Crippen LogP contribution in [-0.4, -0.2) is 38.6 Å². The predicted octanol–water partition coefficient (Wildman–Crippen LogP) is 3.63. The summed E-state index contributed by atoms with van der Waals surface area (Å²) >= 11 is 3.58. The molecule has 1 aliphatic carbocycles. The molecule has 0 aromatic carbocycles. The molecule has 0 spiro atoms. The number of furan rings is 1. The van der Waals surface area contributed by atoms with Crippen LogP contribution in [0, 0.1) is 0 Å². The molecular formula is C15H21BrN2O2. The minimum absolute atomic E-state index is 0.486.